The number of benzene rings is 2. The third-order valence-corrected chi connectivity index (χ3v) is 5.91. The lowest BCUT2D eigenvalue weighted by atomic mass is 9.87. The summed E-state index contributed by atoms with van der Waals surface area (Å²) in [6, 6.07) is 10.1. The fourth-order valence-corrected chi connectivity index (χ4v) is 4.37. The van der Waals surface area contributed by atoms with Crippen molar-refractivity contribution in [1.29, 1.82) is 0 Å². The molecule has 0 fully saturated rings. The first-order chi connectivity index (χ1) is 16.9. The van der Waals surface area contributed by atoms with E-state index in [1.807, 2.05) is 0 Å². The van der Waals surface area contributed by atoms with Gasteiger partial charge >= 0.3 is 5.63 Å². The van der Waals surface area contributed by atoms with E-state index in [0.29, 0.717) is 45.8 Å². The fraction of sp³-hybridized carbons (Fsp3) is 0.280. The van der Waals surface area contributed by atoms with Crippen LogP contribution in [0.25, 0.3) is 0 Å². The van der Waals surface area contributed by atoms with Crippen LogP contribution < -0.4 is 39.4 Å². The molecule has 10 nitrogen and oxygen atoms in total. The van der Waals surface area contributed by atoms with Gasteiger partial charge < -0.3 is 38.2 Å². The zero-order chi connectivity index (χ0) is 24.7. The lowest BCUT2D eigenvalue weighted by Gasteiger charge is -2.22. The number of ether oxygens (including phenoxy) is 6. The summed E-state index contributed by atoms with van der Waals surface area (Å²) in [4.78, 5) is 26.5. The summed E-state index contributed by atoms with van der Waals surface area (Å²) in [6.45, 7) is 1.61. The van der Waals surface area contributed by atoms with Gasteiger partial charge in [0.15, 0.2) is 17.6 Å². The second kappa shape index (κ2) is 8.79. The minimum absolute atomic E-state index is 0.0218. The van der Waals surface area contributed by atoms with Crippen LogP contribution in [0.5, 0.6) is 34.5 Å². The molecule has 182 valence electrons. The normalized spacial score (nSPS) is 17.4. The number of methoxy groups -OCH3 is 3. The quantitative estimate of drug-likeness (QED) is 0.567. The average Bonchev–Trinajstić information content (AvgIpc) is 3.49. The number of anilines is 1. The molecule has 0 radical (unpaired) electrons. The Balaban J connectivity index is 1.63. The molecule has 0 unspecified atom stereocenters. The Bertz CT molecular complexity index is 1350. The van der Waals surface area contributed by atoms with Gasteiger partial charge in [0.2, 0.25) is 18.3 Å². The summed E-state index contributed by atoms with van der Waals surface area (Å²) in [6.07, 6.45) is -1.12. The molecule has 35 heavy (non-hydrogen) atoms. The highest BCUT2D eigenvalue weighted by molar-refractivity contribution is 5.96. The molecule has 10 heteroatoms. The predicted molar refractivity (Wildman–Crippen MR) is 123 cm³/mol. The van der Waals surface area contributed by atoms with Gasteiger partial charge in [-0.05, 0) is 37.3 Å². The van der Waals surface area contributed by atoms with E-state index in [-0.39, 0.29) is 18.1 Å². The van der Waals surface area contributed by atoms with Crippen LogP contribution in [0.15, 0.2) is 45.6 Å². The Labute approximate surface area is 200 Å². The third-order valence-electron chi connectivity index (χ3n) is 5.91. The number of fused-ring (bicyclic) bond motifs is 2. The number of nitrogens with one attached hydrogen (secondary N) is 1. The van der Waals surface area contributed by atoms with Crippen LogP contribution in [0, 0.1) is 6.92 Å². The maximum atomic E-state index is 13.5. The first-order valence-electron chi connectivity index (χ1n) is 10.8. The molecular formula is C25H23NO9. The van der Waals surface area contributed by atoms with Gasteiger partial charge in [0, 0.05) is 17.3 Å². The molecule has 3 heterocycles. The number of carbonyl (C=O) groups is 1. The predicted octanol–water partition coefficient (Wildman–Crippen LogP) is 3.23. The van der Waals surface area contributed by atoms with Crippen LogP contribution in [-0.4, -0.2) is 40.1 Å². The number of carbonyl (C=O) groups excluding carboxylic acids is 1. The smallest absolute Gasteiger partial charge is 0.343 e. The van der Waals surface area contributed by atoms with Crippen molar-refractivity contribution in [1.82, 2.24) is 0 Å². The number of rotatable bonds is 6. The van der Waals surface area contributed by atoms with Crippen molar-refractivity contribution in [3.63, 3.8) is 0 Å². The van der Waals surface area contributed by atoms with E-state index in [1.54, 1.807) is 50.4 Å². The average molecular weight is 481 g/mol. The van der Waals surface area contributed by atoms with Crippen molar-refractivity contribution in [2.45, 2.75) is 18.9 Å². The van der Waals surface area contributed by atoms with Crippen LogP contribution in [0.1, 0.15) is 22.8 Å². The monoisotopic (exact) mass is 481 g/mol. The topological polar surface area (TPSA) is 115 Å². The number of hydrogen-bond donors (Lipinski definition) is 1. The summed E-state index contributed by atoms with van der Waals surface area (Å²) >= 11 is 0. The minimum Gasteiger partial charge on any atom is -0.497 e. The second-order valence-electron chi connectivity index (χ2n) is 7.92. The van der Waals surface area contributed by atoms with Crippen molar-refractivity contribution >= 4 is 11.6 Å². The molecule has 5 rings (SSSR count). The van der Waals surface area contributed by atoms with Crippen LogP contribution in [-0.2, 0) is 4.79 Å². The number of aryl methyl sites for hydroxylation is 1. The molecule has 1 aromatic heterocycles. The largest absolute Gasteiger partial charge is 0.497 e. The van der Waals surface area contributed by atoms with Crippen molar-refractivity contribution < 1.29 is 37.6 Å². The van der Waals surface area contributed by atoms with Gasteiger partial charge in [-0.1, -0.05) is 0 Å². The molecular weight excluding hydrogens is 458 g/mol. The molecule has 1 amide bonds. The highest BCUT2D eigenvalue weighted by Crippen LogP contribution is 2.54. The van der Waals surface area contributed by atoms with Crippen molar-refractivity contribution in [3.8, 4) is 34.5 Å². The first kappa shape index (κ1) is 22.5. The fourth-order valence-electron chi connectivity index (χ4n) is 4.37. The number of amides is 1. The Morgan fingerprint density at radius 3 is 2.43 bits per heavy atom. The summed E-state index contributed by atoms with van der Waals surface area (Å²) in [5.74, 6) is 1.30. The molecule has 0 saturated heterocycles. The Morgan fingerprint density at radius 1 is 1.00 bits per heavy atom. The van der Waals surface area contributed by atoms with E-state index in [0.717, 1.165) is 0 Å². The summed E-state index contributed by atoms with van der Waals surface area (Å²) in [7, 11) is 4.51. The maximum Gasteiger partial charge on any atom is 0.343 e. The van der Waals surface area contributed by atoms with E-state index >= 15 is 0 Å². The molecule has 1 N–H and O–H groups in total. The second-order valence-corrected chi connectivity index (χ2v) is 7.92. The summed E-state index contributed by atoms with van der Waals surface area (Å²) < 4.78 is 38.9. The van der Waals surface area contributed by atoms with E-state index < -0.39 is 23.6 Å². The molecule has 0 bridgehead atoms. The molecule has 0 aliphatic carbocycles. The van der Waals surface area contributed by atoms with E-state index in [9.17, 15) is 9.59 Å². The lowest BCUT2D eigenvalue weighted by Crippen LogP contribution is -2.35. The van der Waals surface area contributed by atoms with Crippen LogP contribution in [0.3, 0.4) is 0 Å². The van der Waals surface area contributed by atoms with Crippen molar-refractivity contribution in [2.75, 3.05) is 33.4 Å². The van der Waals surface area contributed by atoms with E-state index in [1.165, 1.54) is 14.2 Å². The van der Waals surface area contributed by atoms with Crippen LogP contribution in [0.4, 0.5) is 5.69 Å². The van der Waals surface area contributed by atoms with E-state index in [4.69, 9.17) is 32.8 Å². The molecule has 0 saturated carbocycles. The minimum atomic E-state index is -1.12. The van der Waals surface area contributed by atoms with Gasteiger partial charge in [0.1, 0.15) is 17.3 Å². The Kier molecular flexibility index (Phi) is 5.64. The maximum absolute atomic E-state index is 13.5. The van der Waals surface area contributed by atoms with Gasteiger partial charge in [-0.15, -0.1) is 0 Å². The van der Waals surface area contributed by atoms with Gasteiger partial charge in [-0.2, -0.15) is 0 Å². The Hall–Kier alpha value is -4.34. The van der Waals surface area contributed by atoms with Crippen LogP contribution in [0.2, 0.25) is 0 Å². The van der Waals surface area contributed by atoms with Gasteiger partial charge in [-0.3, -0.25) is 4.79 Å². The third kappa shape index (κ3) is 3.76. The van der Waals surface area contributed by atoms with E-state index in [2.05, 4.69) is 5.32 Å². The molecule has 2 atom stereocenters. The summed E-state index contributed by atoms with van der Waals surface area (Å²) in [5.41, 5.74) is 0.582. The zero-order valence-electron chi connectivity index (χ0n) is 19.5. The molecule has 2 aliphatic rings. The number of hydrogen-bond acceptors (Lipinski definition) is 9. The lowest BCUT2D eigenvalue weighted by molar-refractivity contribution is -0.122. The van der Waals surface area contributed by atoms with Gasteiger partial charge in [0.25, 0.3) is 5.91 Å². The SMILES string of the molecule is COc1ccc(NC(=O)[C@@H]2Oc3cc(C)oc(=O)c3[C@@H]2c2cc(OC)c3c(c2OC)OCO3)cc1. The van der Waals surface area contributed by atoms with Crippen molar-refractivity contribution in [3.05, 3.63) is 63.7 Å². The van der Waals surface area contributed by atoms with Gasteiger partial charge in [0.05, 0.1) is 32.8 Å². The Morgan fingerprint density at radius 2 is 1.74 bits per heavy atom. The highest BCUT2D eigenvalue weighted by Gasteiger charge is 2.46. The first-order valence-corrected chi connectivity index (χ1v) is 10.8. The molecule has 3 aromatic rings. The molecule has 0 spiro atoms. The molecule has 2 aliphatic heterocycles. The van der Waals surface area contributed by atoms with Crippen LogP contribution >= 0.6 is 0 Å². The molecule has 2 aromatic carbocycles. The van der Waals surface area contributed by atoms with Crippen molar-refractivity contribution in [2.24, 2.45) is 0 Å². The standard InChI is InChI=1S/C25H23NO9/c1-12-9-16-19(25(28)34-12)18(15-10-17(30-3)21-23(20(15)31-4)33-11-32-21)22(35-16)24(27)26-13-5-7-14(29-2)8-6-13/h5-10,18,22H,11H2,1-4H3,(H,26,27)/t18-,22+/m0/s1. The van der Waals surface area contributed by atoms with Gasteiger partial charge in [-0.25, -0.2) is 4.79 Å². The summed E-state index contributed by atoms with van der Waals surface area (Å²) in [5, 5.41) is 2.84. The highest BCUT2D eigenvalue weighted by atomic mass is 16.7. The zero-order valence-corrected chi connectivity index (χ0v) is 19.5.